The minimum Gasteiger partial charge on any atom is -0.444 e. The van der Waals surface area contributed by atoms with Gasteiger partial charge < -0.3 is 15.4 Å². The third-order valence-corrected chi connectivity index (χ3v) is 4.20. The molecule has 7 heteroatoms. The predicted molar refractivity (Wildman–Crippen MR) is 123 cm³/mol. The largest absolute Gasteiger partial charge is 0.444 e. The Morgan fingerprint density at radius 3 is 1.81 bits per heavy atom. The molecule has 0 saturated carbocycles. The van der Waals surface area contributed by atoms with E-state index in [1.165, 1.54) is 0 Å². The van der Waals surface area contributed by atoms with Gasteiger partial charge in [-0.05, 0) is 57.9 Å². The van der Waals surface area contributed by atoms with E-state index in [9.17, 15) is 14.4 Å². The van der Waals surface area contributed by atoms with Crippen molar-refractivity contribution in [2.24, 2.45) is 0 Å². The summed E-state index contributed by atoms with van der Waals surface area (Å²) in [5, 5.41) is 8.33. The number of carbonyl (C=O) groups excluding carboxylic acids is 3. The molecule has 0 aromatic heterocycles. The Bertz CT molecular complexity index is 876. The first kappa shape index (κ1) is 23.9. The average molecular weight is 426 g/mol. The number of unbranched alkanes of at least 4 members (excludes halogenated alkanes) is 2. The van der Waals surface area contributed by atoms with Crippen LogP contribution in [0.1, 0.15) is 52.9 Å². The van der Waals surface area contributed by atoms with Gasteiger partial charge in [-0.25, -0.2) is 4.79 Å². The molecule has 2 rings (SSSR count). The molecule has 0 radical (unpaired) electrons. The van der Waals surface area contributed by atoms with E-state index >= 15 is 0 Å². The van der Waals surface area contributed by atoms with Crippen LogP contribution in [0.3, 0.4) is 0 Å². The Kier molecular flexibility index (Phi) is 9.06. The minimum absolute atomic E-state index is 0.0298. The van der Waals surface area contributed by atoms with Gasteiger partial charge in [-0.3, -0.25) is 14.9 Å². The van der Waals surface area contributed by atoms with Gasteiger partial charge in [0.25, 0.3) is 0 Å². The molecule has 0 unspecified atom stereocenters. The van der Waals surface area contributed by atoms with Crippen LogP contribution in [-0.2, 0) is 14.3 Å². The molecule has 2 aromatic rings. The molecule has 3 amide bonds. The van der Waals surface area contributed by atoms with Gasteiger partial charge in [0.15, 0.2) is 0 Å². The Morgan fingerprint density at radius 2 is 1.23 bits per heavy atom. The SMILES string of the molecule is CC(C)(C)OC(=O)Nc1ccccc1NC(=O)CCCCCC(=O)Nc1ccccc1. The van der Waals surface area contributed by atoms with Crippen LogP contribution in [-0.4, -0.2) is 23.5 Å². The molecule has 0 saturated heterocycles. The lowest BCUT2D eigenvalue weighted by atomic mass is 10.1. The molecule has 2 aromatic carbocycles. The molecular formula is C24H31N3O4. The molecule has 0 aliphatic heterocycles. The van der Waals surface area contributed by atoms with Crippen LogP contribution in [0.25, 0.3) is 0 Å². The Morgan fingerprint density at radius 1 is 0.710 bits per heavy atom. The molecule has 0 atom stereocenters. The Balaban J connectivity index is 1.70. The second-order valence-corrected chi connectivity index (χ2v) is 8.20. The van der Waals surface area contributed by atoms with Crippen LogP contribution in [0.5, 0.6) is 0 Å². The fraction of sp³-hybridized carbons (Fsp3) is 0.375. The topological polar surface area (TPSA) is 96.5 Å². The van der Waals surface area contributed by atoms with Crippen molar-refractivity contribution < 1.29 is 19.1 Å². The maximum absolute atomic E-state index is 12.3. The summed E-state index contributed by atoms with van der Waals surface area (Å²) in [6, 6.07) is 16.3. The first-order valence-electron chi connectivity index (χ1n) is 10.5. The van der Waals surface area contributed by atoms with Crippen molar-refractivity contribution in [3.05, 3.63) is 54.6 Å². The maximum Gasteiger partial charge on any atom is 0.412 e. The fourth-order valence-electron chi connectivity index (χ4n) is 2.82. The molecule has 31 heavy (non-hydrogen) atoms. The molecule has 7 nitrogen and oxygen atoms in total. The molecular weight excluding hydrogens is 394 g/mol. The summed E-state index contributed by atoms with van der Waals surface area (Å²) in [6.45, 7) is 5.35. The number of carbonyl (C=O) groups is 3. The molecule has 0 heterocycles. The number of hydrogen-bond acceptors (Lipinski definition) is 4. The number of nitrogens with one attached hydrogen (secondary N) is 3. The molecule has 0 bridgehead atoms. The van der Waals surface area contributed by atoms with Gasteiger partial charge >= 0.3 is 6.09 Å². The van der Waals surface area contributed by atoms with Crippen molar-refractivity contribution in [2.75, 3.05) is 16.0 Å². The van der Waals surface area contributed by atoms with Gasteiger partial charge in [-0.15, -0.1) is 0 Å². The Hall–Kier alpha value is -3.35. The highest BCUT2D eigenvalue weighted by molar-refractivity contribution is 5.97. The molecule has 0 fully saturated rings. The summed E-state index contributed by atoms with van der Waals surface area (Å²) >= 11 is 0. The van der Waals surface area contributed by atoms with Crippen LogP contribution in [0.15, 0.2) is 54.6 Å². The van der Waals surface area contributed by atoms with Crippen LogP contribution >= 0.6 is 0 Å². The van der Waals surface area contributed by atoms with E-state index in [1.54, 1.807) is 45.0 Å². The normalized spacial score (nSPS) is 10.8. The predicted octanol–water partition coefficient (Wildman–Crippen LogP) is 5.56. The number of amides is 3. The van der Waals surface area contributed by atoms with Crippen molar-refractivity contribution in [1.82, 2.24) is 0 Å². The summed E-state index contributed by atoms with van der Waals surface area (Å²) in [6.07, 6.45) is 2.32. The molecule has 3 N–H and O–H groups in total. The van der Waals surface area contributed by atoms with E-state index in [1.807, 2.05) is 30.3 Å². The van der Waals surface area contributed by atoms with E-state index in [4.69, 9.17) is 4.74 Å². The van der Waals surface area contributed by atoms with Crippen molar-refractivity contribution >= 4 is 35.0 Å². The molecule has 0 aliphatic carbocycles. The first-order valence-corrected chi connectivity index (χ1v) is 10.5. The van der Waals surface area contributed by atoms with Gasteiger partial charge in [0.2, 0.25) is 11.8 Å². The first-order chi connectivity index (χ1) is 14.7. The number of anilines is 3. The van der Waals surface area contributed by atoms with Crippen molar-refractivity contribution in [1.29, 1.82) is 0 Å². The van der Waals surface area contributed by atoms with Crippen LogP contribution in [0, 0.1) is 0 Å². The quantitative estimate of drug-likeness (QED) is 0.458. The zero-order chi connectivity index (χ0) is 22.7. The van der Waals surface area contributed by atoms with E-state index in [0.717, 1.165) is 12.1 Å². The summed E-state index contributed by atoms with van der Waals surface area (Å²) in [4.78, 5) is 36.2. The molecule has 166 valence electrons. The van der Waals surface area contributed by atoms with Gasteiger partial charge in [0, 0.05) is 18.5 Å². The minimum atomic E-state index is -0.611. The monoisotopic (exact) mass is 425 g/mol. The Labute approximate surface area is 183 Å². The highest BCUT2D eigenvalue weighted by Crippen LogP contribution is 2.22. The fourth-order valence-corrected chi connectivity index (χ4v) is 2.82. The lowest BCUT2D eigenvalue weighted by Gasteiger charge is -2.20. The van der Waals surface area contributed by atoms with Crippen molar-refractivity contribution in [2.45, 2.75) is 58.5 Å². The van der Waals surface area contributed by atoms with Crippen LogP contribution < -0.4 is 16.0 Å². The summed E-state index contributed by atoms with van der Waals surface area (Å²) in [7, 11) is 0. The number of rotatable bonds is 9. The number of hydrogen-bond donors (Lipinski definition) is 3. The summed E-state index contributed by atoms with van der Waals surface area (Å²) in [5.41, 5.74) is 1.16. The van der Waals surface area contributed by atoms with Gasteiger partial charge in [-0.1, -0.05) is 36.8 Å². The number of benzene rings is 2. The number of ether oxygens (including phenoxy) is 1. The zero-order valence-corrected chi connectivity index (χ0v) is 18.4. The van der Waals surface area contributed by atoms with E-state index in [2.05, 4.69) is 16.0 Å². The third kappa shape index (κ3) is 9.80. The van der Waals surface area contributed by atoms with Crippen LogP contribution in [0.4, 0.5) is 21.9 Å². The van der Waals surface area contributed by atoms with Gasteiger partial charge in [0.1, 0.15) is 5.60 Å². The van der Waals surface area contributed by atoms with Crippen molar-refractivity contribution in [3.63, 3.8) is 0 Å². The smallest absolute Gasteiger partial charge is 0.412 e. The summed E-state index contributed by atoms with van der Waals surface area (Å²) in [5.74, 6) is -0.176. The maximum atomic E-state index is 12.3. The standard InChI is InChI=1S/C24H31N3O4/c1-24(2,3)31-23(30)27-20-15-11-10-14-19(20)26-22(29)17-9-5-8-16-21(28)25-18-12-6-4-7-13-18/h4,6-7,10-15H,5,8-9,16-17H2,1-3H3,(H,25,28)(H,26,29)(H,27,30). The van der Waals surface area contributed by atoms with Gasteiger partial charge in [-0.2, -0.15) is 0 Å². The second kappa shape index (κ2) is 11.7. The van der Waals surface area contributed by atoms with Gasteiger partial charge in [0.05, 0.1) is 11.4 Å². The lowest BCUT2D eigenvalue weighted by Crippen LogP contribution is -2.27. The summed E-state index contributed by atoms with van der Waals surface area (Å²) < 4.78 is 5.25. The highest BCUT2D eigenvalue weighted by atomic mass is 16.6. The molecule has 0 spiro atoms. The average Bonchev–Trinajstić information content (AvgIpc) is 2.68. The highest BCUT2D eigenvalue weighted by Gasteiger charge is 2.17. The van der Waals surface area contributed by atoms with E-state index in [0.29, 0.717) is 37.1 Å². The second-order valence-electron chi connectivity index (χ2n) is 8.20. The zero-order valence-electron chi connectivity index (χ0n) is 18.4. The molecule has 0 aliphatic rings. The third-order valence-electron chi connectivity index (χ3n) is 4.20. The van der Waals surface area contributed by atoms with E-state index < -0.39 is 11.7 Å². The lowest BCUT2D eigenvalue weighted by molar-refractivity contribution is -0.116. The van der Waals surface area contributed by atoms with Crippen molar-refractivity contribution in [3.8, 4) is 0 Å². The van der Waals surface area contributed by atoms with Crippen LogP contribution in [0.2, 0.25) is 0 Å². The number of para-hydroxylation sites is 3. The van der Waals surface area contributed by atoms with E-state index in [-0.39, 0.29) is 11.8 Å².